The van der Waals surface area contributed by atoms with Crippen molar-refractivity contribution in [1.29, 1.82) is 0 Å². The molecule has 5 nitrogen and oxygen atoms in total. The molecule has 1 atom stereocenters. The first-order chi connectivity index (χ1) is 8.80. The van der Waals surface area contributed by atoms with Crippen LogP contribution in [0.2, 0.25) is 5.02 Å². The van der Waals surface area contributed by atoms with Crippen LogP contribution < -0.4 is 11.1 Å². The fourth-order valence-corrected chi connectivity index (χ4v) is 2.02. The molecule has 0 saturated heterocycles. The lowest BCUT2D eigenvalue weighted by Gasteiger charge is -2.28. The lowest BCUT2D eigenvalue weighted by atomic mass is 9.95. The van der Waals surface area contributed by atoms with Crippen molar-refractivity contribution in [3.63, 3.8) is 0 Å². The number of hydrogen-bond donors (Lipinski definition) is 3. The molecule has 0 fully saturated rings. The number of anilines is 1. The Morgan fingerprint density at radius 3 is 2.58 bits per heavy atom. The second-order valence-electron chi connectivity index (χ2n) is 4.57. The minimum atomic E-state index is -1.16. The Bertz CT molecular complexity index is 505. The molecule has 1 rings (SSSR count). The summed E-state index contributed by atoms with van der Waals surface area (Å²) in [7, 11) is 0. The van der Waals surface area contributed by atoms with Gasteiger partial charge in [-0.25, -0.2) is 4.79 Å². The number of halogens is 1. The van der Waals surface area contributed by atoms with Crippen LogP contribution in [0.4, 0.5) is 5.69 Å². The predicted molar refractivity (Wildman–Crippen MR) is 74.5 cm³/mol. The molecule has 0 aromatic heterocycles. The molecular weight excluding hydrogens is 268 g/mol. The fraction of sp³-hybridized carbons (Fsp3) is 0.385. The maximum Gasteiger partial charge on any atom is 0.329 e. The van der Waals surface area contributed by atoms with Gasteiger partial charge in [-0.05, 0) is 31.5 Å². The molecule has 0 radical (unpaired) electrons. The number of carbonyl (C=O) groups is 2. The Morgan fingerprint density at radius 2 is 2.11 bits per heavy atom. The van der Waals surface area contributed by atoms with Gasteiger partial charge in [0.2, 0.25) is 0 Å². The zero-order valence-corrected chi connectivity index (χ0v) is 11.6. The number of aliphatic carboxylic acids is 1. The van der Waals surface area contributed by atoms with Gasteiger partial charge in [0, 0.05) is 10.7 Å². The highest BCUT2D eigenvalue weighted by Crippen LogP contribution is 2.26. The van der Waals surface area contributed by atoms with E-state index in [0.29, 0.717) is 23.6 Å². The van der Waals surface area contributed by atoms with E-state index in [9.17, 15) is 14.7 Å². The van der Waals surface area contributed by atoms with Gasteiger partial charge in [-0.2, -0.15) is 0 Å². The van der Waals surface area contributed by atoms with Crippen molar-refractivity contribution in [3.8, 4) is 0 Å². The number of carboxylic acid groups (broad SMARTS) is 1. The van der Waals surface area contributed by atoms with E-state index in [-0.39, 0.29) is 5.56 Å². The van der Waals surface area contributed by atoms with E-state index in [0.717, 1.165) is 0 Å². The monoisotopic (exact) mass is 284 g/mol. The SMILES string of the molecule is CCCC(C)(Nc1ccc(Cl)cc1C(N)=O)C(=O)O. The highest BCUT2D eigenvalue weighted by atomic mass is 35.5. The lowest BCUT2D eigenvalue weighted by Crippen LogP contribution is -2.43. The van der Waals surface area contributed by atoms with Crippen molar-refractivity contribution < 1.29 is 14.7 Å². The van der Waals surface area contributed by atoms with E-state index in [2.05, 4.69) is 5.32 Å². The summed E-state index contributed by atoms with van der Waals surface area (Å²) < 4.78 is 0. The molecule has 19 heavy (non-hydrogen) atoms. The van der Waals surface area contributed by atoms with Gasteiger partial charge < -0.3 is 16.2 Å². The minimum absolute atomic E-state index is 0.177. The molecule has 4 N–H and O–H groups in total. The first-order valence-electron chi connectivity index (χ1n) is 5.91. The standard InChI is InChI=1S/C13H17ClN2O3/c1-3-6-13(2,12(18)19)16-10-5-4-8(14)7-9(10)11(15)17/h4-5,7,16H,3,6H2,1-2H3,(H2,15,17)(H,18,19). The second-order valence-corrected chi connectivity index (χ2v) is 5.00. The molecule has 0 heterocycles. The lowest BCUT2D eigenvalue weighted by molar-refractivity contribution is -0.142. The van der Waals surface area contributed by atoms with Crippen LogP contribution in [0.25, 0.3) is 0 Å². The zero-order valence-electron chi connectivity index (χ0n) is 10.9. The number of nitrogens with two attached hydrogens (primary N) is 1. The summed E-state index contributed by atoms with van der Waals surface area (Å²) in [5.74, 6) is -1.64. The van der Waals surface area contributed by atoms with Crippen molar-refractivity contribution in [3.05, 3.63) is 28.8 Å². The highest BCUT2D eigenvalue weighted by Gasteiger charge is 2.32. The van der Waals surface area contributed by atoms with Crippen molar-refractivity contribution in [2.75, 3.05) is 5.32 Å². The number of carboxylic acids is 1. The maximum absolute atomic E-state index is 11.4. The Morgan fingerprint density at radius 1 is 1.47 bits per heavy atom. The van der Waals surface area contributed by atoms with Gasteiger partial charge in [-0.15, -0.1) is 0 Å². The van der Waals surface area contributed by atoms with Gasteiger partial charge in [0.1, 0.15) is 5.54 Å². The first kappa shape index (κ1) is 15.3. The molecule has 0 aliphatic heterocycles. The molecule has 6 heteroatoms. The third-order valence-electron chi connectivity index (χ3n) is 2.88. The molecule has 0 aliphatic rings. The van der Waals surface area contributed by atoms with E-state index >= 15 is 0 Å². The Kier molecular flexibility index (Phi) is 4.78. The topological polar surface area (TPSA) is 92.4 Å². The summed E-state index contributed by atoms with van der Waals surface area (Å²) in [4.78, 5) is 22.7. The van der Waals surface area contributed by atoms with Gasteiger partial charge in [0.05, 0.1) is 5.56 Å². The Balaban J connectivity index is 3.16. The van der Waals surface area contributed by atoms with E-state index < -0.39 is 17.4 Å². The number of primary amides is 1. The van der Waals surface area contributed by atoms with E-state index in [4.69, 9.17) is 17.3 Å². The molecule has 0 spiro atoms. The molecule has 1 amide bonds. The van der Waals surface area contributed by atoms with Gasteiger partial charge in [-0.3, -0.25) is 4.79 Å². The van der Waals surface area contributed by atoms with Crippen LogP contribution >= 0.6 is 11.6 Å². The summed E-state index contributed by atoms with van der Waals surface area (Å²) >= 11 is 5.80. The number of nitrogens with one attached hydrogen (secondary N) is 1. The van der Waals surface area contributed by atoms with Crippen LogP contribution in [0.3, 0.4) is 0 Å². The Labute approximate surface area is 116 Å². The first-order valence-corrected chi connectivity index (χ1v) is 6.29. The summed E-state index contributed by atoms with van der Waals surface area (Å²) in [5, 5.41) is 12.5. The molecule has 1 unspecified atom stereocenters. The number of hydrogen-bond acceptors (Lipinski definition) is 3. The number of amides is 1. The third-order valence-corrected chi connectivity index (χ3v) is 3.11. The predicted octanol–water partition coefficient (Wildman–Crippen LogP) is 2.49. The van der Waals surface area contributed by atoms with Gasteiger partial charge >= 0.3 is 5.97 Å². The smallest absolute Gasteiger partial charge is 0.329 e. The van der Waals surface area contributed by atoms with Crippen LogP contribution in [0.15, 0.2) is 18.2 Å². The van der Waals surface area contributed by atoms with Crippen LogP contribution in [0.5, 0.6) is 0 Å². The Hall–Kier alpha value is -1.75. The normalized spacial score (nSPS) is 13.6. The zero-order chi connectivity index (χ0) is 14.6. The van der Waals surface area contributed by atoms with Crippen molar-refractivity contribution in [2.45, 2.75) is 32.2 Å². The molecular formula is C13H17ClN2O3. The van der Waals surface area contributed by atoms with Gasteiger partial charge in [0.25, 0.3) is 5.91 Å². The second kappa shape index (κ2) is 5.93. The minimum Gasteiger partial charge on any atom is -0.480 e. The largest absolute Gasteiger partial charge is 0.480 e. The summed E-state index contributed by atoms with van der Waals surface area (Å²) in [6.07, 6.45) is 1.11. The van der Waals surface area contributed by atoms with E-state index in [1.165, 1.54) is 6.07 Å². The molecule has 104 valence electrons. The van der Waals surface area contributed by atoms with E-state index in [1.54, 1.807) is 19.1 Å². The van der Waals surface area contributed by atoms with Gasteiger partial charge in [-0.1, -0.05) is 24.9 Å². The quantitative estimate of drug-likeness (QED) is 0.748. The molecule has 1 aromatic rings. The van der Waals surface area contributed by atoms with E-state index in [1.807, 2.05) is 6.92 Å². The highest BCUT2D eigenvalue weighted by molar-refractivity contribution is 6.31. The van der Waals surface area contributed by atoms with Crippen molar-refractivity contribution in [1.82, 2.24) is 0 Å². The van der Waals surface area contributed by atoms with Crippen LogP contribution in [-0.4, -0.2) is 22.5 Å². The van der Waals surface area contributed by atoms with Crippen molar-refractivity contribution >= 4 is 29.2 Å². The maximum atomic E-state index is 11.4. The summed E-state index contributed by atoms with van der Waals surface area (Å²) in [5.41, 5.74) is 4.65. The fourth-order valence-electron chi connectivity index (χ4n) is 1.85. The summed E-state index contributed by atoms with van der Waals surface area (Å²) in [6.45, 7) is 3.46. The molecule has 0 bridgehead atoms. The molecule has 0 aliphatic carbocycles. The van der Waals surface area contributed by atoms with Crippen LogP contribution in [-0.2, 0) is 4.79 Å². The number of carbonyl (C=O) groups excluding carboxylic acids is 1. The van der Waals surface area contributed by atoms with Gasteiger partial charge in [0.15, 0.2) is 0 Å². The molecule has 1 aromatic carbocycles. The van der Waals surface area contributed by atoms with Crippen molar-refractivity contribution in [2.24, 2.45) is 5.73 Å². The average molecular weight is 285 g/mol. The molecule has 0 saturated carbocycles. The third kappa shape index (κ3) is 3.61. The average Bonchev–Trinajstić information content (AvgIpc) is 2.31. The number of rotatable bonds is 6. The van der Waals surface area contributed by atoms with Crippen LogP contribution in [0.1, 0.15) is 37.0 Å². The summed E-state index contributed by atoms with van der Waals surface area (Å²) in [6, 6.07) is 4.55. The number of benzene rings is 1. The van der Waals surface area contributed by atoms with Crippen LogP contribution in [0, 0.1) is 0 Å².